The van der Waals surface area contributed by atoms with Gasteiger partial charge in [-0.3, -0.25) is 14.5 Å². The van der Waals surface area contributed by atoms with E-state index in [-0.39, 0.29) is 6.04 Å². The zero-order chi connectivity index (χ0) is 20.6. The highest BCUT2D eigenvalue weighted by Crippen LogP contribution is 2.19. The van der Waals surface area contributed by atoms with E-state index in [0.717, 1.165) is 16.9 Å². The standard InChI is InChI=1S/C24H24N2O3/c1-18(20-13-15-22(29-2)16-14-20)25-23(27)24(28)26(21-11-7-4-8-12-21)17-19-9-5-3-6-10-19/h3-16,18H,17H2,1-2H3,(H,25,27). The maximum atomic E-state index is 13.0. The van der Waals surface area contributed by atoms with Crippen molar-refractivity contribution in [3.05, 3.63) is 96.1 Å². The van der Waals surface area contributed by atoms with Crippen LogP contribution in [0.1, 0.15) is 24.1 Å². The highest BCUT2D eigenvalue weighted by atomic mass is 16.5. The third-order valence-corrected chi connectivity index (χ3v) is 4.65. The Bertz CT molecular complexity index is 941. The van der Waals surface area contributed by atoms with Crippen LogP contribution < -0.4 is 15.0 Å². The van der Waals surface area contributed by atoms with Crippen molar-refractivity contribution < 1.29 is 14.3 Å². The summed E-state index contributed by atoms with van der Waals surface area (Å²) in [7, 11) is 1.60. The number of hydrogen-bond acceptors (Lipinski definition) is 3. The lowest BCUT2D eigenvalue weighted by atomic mass is 10.1. The molecule has 0 spiro atoms. The molecule has 0 aliphatic heterocycles. The molecule has 0 radical (unpaired) electrons. The van der Waals surface area contributed by atoms with Crippen molar-refractivity contribution in [1.29, 1.82) is 0 Å². The Morgan fingerprint density at radius 2 is 1.48 bits per heavy atom. The monoisotopic (exact) mass is 388 g/mol. The fourth-order valence-electron chi connectivity index (χ4n) is 3.01. The first kappa shape index (κ1) is 20.1. The van der Waals surface area contributed by atoms with E-state index in [2.05, 4.69) is 5.32 Å². The number of nitrogens with one attached hydrogen (secondary N) is 1. The second kappa shape index (κ2) is 9.55. The van der Waals surface area contributed by atoms with E-state index in [1.165, 1.54) is 4.90 Å². The zero-order valence-corrected chi connectivity index (χ0v) is 16.5. The van der Waals surface area contributed by atoms with Crippen LogP contribution in [0.25, 0.3) is 0 Å². The Hall–Kier alpha value is -3.60. The van der Waals surface area contributed by atoms with Gasteiger partial charge in [-0.2, -0.15) is 0 Å². The summed E-state index contributed by atoms with van der Waals surface area (Å²) in [5.74, 6) is -0.505. The van der Waals surface area contributed by atoms with Crippen molar-refractivity contribution in [3.8, 4) is 5.75 Å². The van der Waals surface area contributed by atoms with Crippen molar-refractivity contribution >= 4 is 17.5 Å². The van der Waals surface area contributed by atoms with Gasteiger partial charge in [0.2, 0.25) is 0 Å². The van der Waals surface area contributed by atoms with Crippen molar-refractivity contribution in [2.75, 3.05) is 12.0 Å². The van der Waals surface area contributed by atoms with Gasteiger partial charge in [0.05, 0.1) is 19.7 Å². The number of benzene rings is 3. The summed E-state index contributed by atoms with van der Waals surface area (Å²) in [6.45, 7) is 2.16. The first-order valence-corrected chi connectivity index (χ1v) is 9.44. The first-order valence-electron chi connectivity index (χ1n) is 9.44. The minimum absolute atomic E-state index is 0.313. The number of hydrogen-bond donors (Lipinski definition) is 1. The van der Waals surface area contributed by atoms with Crippen LogP contribution in [0.3, 0.4) is 0 Å². The first-order chi connectivity index (χ1) is 14.1. The van der Waals surface area contributed by atoms with E-state index >= 15 is 0 Å². The van der Waals surface area contributed by atoms with Gasteiger partial charge < -0.3 is 10.1 Å². The van der Waals surface area contributed by atoms with Gasteiger partial charge >= 0.3 is 11.8 Å². The highest BCUT2D eigenvalue weighted by molar-refractivity contribution is 6.40. The number of ether oxygens (including phenoxy) is 1. The average molecular weight is 388 g/mol. The molecule has 148 valence electrons. The molecular weight excluding hydrogens is 364 g/mol. The number of carbonyl (C=O) groups excluding carboxylic acids is 2. The van der Waals surface area contributed by atoms with Crippen molar-refractivity contribution in [2.45, 2.75) is 19.5 Å². The molecule has 0 aliphatic carbocycles. The van der Waals surface area contributed by atoms with Gasteiger partial charge in [-0.25, -0.2) is 0 Å². The molecule has 5 nitrogen and oxygen atoms in total. The summed E-state index contributed by atoms with van der Waals surface area (Å²) in [4.78, 5) is 27.2. The van der Waals surface area contributed by atoms with Crippen LogP contribution in [0.4, 0.5) is 5.69 Å². The van der Waals surface area contributed by atoms with Gasteiger partial charge in [0.1, 0.15) is 5.75 Å². The zero-order valence-electron chi connectivity index (χ0n) is 16.5. The molecule has 3 aromatic carbocycles. The predicted octanol–water partition coefficient (Wildman–Crippen LogP) is 4.11. The molecule has 0 fully saturated rings. The van der Waals surface area contributed by atoms with E-state index in [4.69, 9.17) is 4.74 Å². The summed E-state index contributed by atoms with van der Waals surface area (Å²) in [6.07, 6.45) is 0. The minimum atomic E-state index is -0.645. The number of methoxy groups -OCH3 is 1. The van der Waals surface area contributed by atoms with Gasteiger partial charge in [0, 0.05) is 5.69 Å². The molecule has 0 aromatic heterocycles. The Morgan fingerprint density at radius 1 is 0.897 bits per heavy atom. The second-order valence-electron chi connectivity index (χ2n) is 6.68. The van der Waals surface area contributed by atoms with Crippen molar-refractivity contribution in [2.24, 2.45) is 0 Å². The lowest BCUT2D eigenvalue weighted by Gasteiger charge is -2.23. The van der Waals surface area contributed by atoms with Gasteiger partial charge in [-0.15, -0.1) is 0 Å². The SMILES string of the molecule is COc1ccc(C(C)NC(=O)C(=O)N(Cc2ccccc2)c2ccccc2)cc1. The average Bonchev–Trinajstić information content (AvgIpc) is 2.78. The smallest absolute Gasteiger partial charge is 0.316 e. The third-order valence-electron chi connectivity index (χ3n) is 4.65. The molecule has 2 amide bonds. The quantitative estimate of drug-likeness (QED) is 0.647. The Kier molecular flexibility index (Phi) is 6.63. The molecule has 0 bridgehead atoms. The lowest BCUT2D eigenvalue weighted by Crippen LogP contribution is -2.43. The van der Waals surface area contributed by atoms with Crippen LogP contribution in [-0.4, -0.2) is 18.9 Å². The molecular formula is C24H24N2O3. The molecule has 0 heterocycles. The molecule has 1 N–H and O–H groups in total. The Balaban J connectivity index is 1.76. The number of para-hydroxylation sites is 1. The number of anilines is 1. The molecule has 1 unspecified atom stereocenters. The van der Waals surface area contributed by atoms with Crippen LogP contribution in [0, 0.1) is 0 Å². The van der Waals surface area contributed by atoms with E-state index in [0.29, 0.717) is 12.2 Å². The molecule has 0 saturated heterocycles. The maximum absolute atomic E-state index is 13.0. The van der Waals surface area contributed by atoms with Gasteiger partial charge in [-0.05, 0) is 42.3 Å². The normalized spacial score (nSPS) is 11.4. The van der Waals surface area contributed by atoms with Gasteiger partial charge in [0.25, 0.3) is 0 Å². The molecule has 3 rings (SSSR count). The summed E-state index contributed by atoms with van der Waals surface area (Å²) < 4.78 is 5.16. The third kappa shape index (κ3) is 5.23. The van der Waals surface area contributed by atoms with Gasteiger partial charge in [-0.1, -0.05) is 60.7 Å². The molecule has 5 heteroatoms. The number of rotatable bonds is 6. The minimum Gasteiger partial charge on any atom is -0.497 e. The number of carbonyl (C=O) groups is 2. The summed E-state index contributed by atoms with van der Waals surface area (Å²) in [5, 5.41) is 2.80. The van der Waals surface area contributed by atoms with E-state index in [1.807, 2.05) is 91.9 Å². The van der Waals surface area contributed by atoms with Crippen LogP contribution in [0.15, 0.2) is 84.9 Å². The fourth-order valence-corrected chi connectivity index (χ4v) is 3.01. The largest absolute Gasteiger partial charge is 0.497 e. The van der Waals surface area contributed by atoms with Crippen LogP contribution >= 0.6 is 0 Å². The summed E-state index contributed by atoms with van der Waals surface area (Å²) in [5.41, 5.74) is 2.51. The predicted molar refractivity (Wildman–Crippen MR) is 114 cm³/mol. The van der Waals surface area contributed by atoms with E-state index < -0.39 is 11.8 Å². The topological polar surface area (TPSA) is 58.6 Å². The maximum Gasteiger partial charge on any atom is 0.316 e. The molecule has 3 aromatic rings. The Labute approximate surface area is 170 Å². The number of nitrogens with zero attached hydrogens (tertiary/aromatic N) is 1. The second-order valence-corrected chi connectivity index (χ2v) is 6.68. The highest BCUT2D eigenvalue weighted by Gasteiger charge is 2.25. The van der Waals surface area contributed by atoms with Crippen LogP contribution in [0.5, 0.6) is 5.75 Å². The molecule has 1 atom stereocenters. The van der Waals surface area contributed by atoms with Crippen LogP contribution in [0.2, 0.25) is 0 Å². The van der Waals surface area contributed by atoms with Crippen molar-refractivity contribution in [3.63, 3.8) is 0 Å². The van der Waals surface area contributed by atoms with E-state index in [1.54, 1.807) is 7.11 Å². The van der Waals surface area contributed by atoms with Gasteiger partial charge in [0.15, 0.2) is 0 Å². The number of amides is 2. The molecule has 0 saturated carbocycles. The summed E-state index contributed by atoms with van der Waals surface area (Å²) >= 11 is 0. The lowest BCUT2D eigenvalue weighted by molar-refractivity contribution is -0.138. The van der Waals surface area contributed by atoms with Crippen molar-refractivity contribution in [1.82, 2.24) is 5.32 Å². The Morgan fingerprint density at radius 3 is 2.07 bits per heavy atom. The fraction of sp³-hybridized carbons (Fsp3) is 0.167. The van der Waals surface area contributed by atoms with Crippen LogP contribution in [-0.2, 0) is 16.1 Å². The molecule has 0 aliphatic rings. The molecule has 29 heavy (non-hydrogen) atoms. The summed E-state index contributed by atoms with van der Waals surface area (Å²) in [6, 6.07) is 25.9. The van der Waals surface area contributed by atoms with E-state index in [9.17, 15) is 9.59 Å².